The Hall–Kier alpha value is -0.940. The fraction of sp³-hybridized carbons (Fsp3) is 0.200. The Kier molecular flexibility index (Phi) is 5.16. The molecule has 0 aromatic heterocycles. The van der Waals surface area contributed by atoms with Crippen LogP contribution in [0.5, 0.6) is 0 Å². The highest BCUT2D eigenvalue weighted by Gasteiger charge is 2.15. The van der Waals surface area contributed by atoms with Gasteiger partial charge in [-0.2, -0.15) is 0 Å². The summed E-state index contributed by atoms with van der Waals surface area (Å²) < 4.78 is 14.2. The van der Waals surface area contributed by atoms with Crippen molar-refractivity contribution in [1.29, 1.82) is 0 Å². The lowest BCUT2D eigenvalue weighted by molar-refractivity contribution is 0.548. The minimum atomic E-state index is -0.413. The lowest BCUT2D eigenvalue weighted by atomic mass is 9.98. The van der Waals surface area contributed by atoms with Crippen molar-refractivity contribution in [2.75, 3.05) is 0 Å². The average Bonchev–Trinajstić information content (AvgIpc) is 2.43. The number of nitrogens with two attached hydrogens (primary N) is 1. The maximum atomic E-state index is 13.2. The number of hydrogen-bond donors (Lipinski definition) is 2. The molecule has 106 valence electrons. The molecule has 0 amide bonds. The van der Waals surface area contributed by atoms with E-state index in [9.17, 15) is 4.39 Å². The minimum absolute atomic E-state index is 0.0780. The summed E-state index contributed by atoms with van der Waals surface area (Å²) in [5.41, 5.74) is 5.94. The molecule has 2 rings (SSSR count). The summed E-state index contributed by atoms with van der Waals surface area (Å²) in [4.78, 5) is 0. The minimum Gasteiger partial charge on any atom is -0.271 e. The SMILES string of the molecule is Cc1ccc(Br)c(C(Cc2ccc(F)c(Cl)c2)NN)c1. The number of nitrogens with one attached hydrogen (secondary N) is 1. The first kappa shape index (κ1) is 15.4. The molecular weight excluding hydrogens is 343 g/mol. The Balaban J connectivity index is 2.28. The quantitative estimate of drug-likeness (QED) is 0.632. The predicted molar refractivity (Wildman–Crippen MR) is 84.1 cm³/mol. The molecule has 0 aliphatic carbocycles. The van der Waals surface area contributed by atoms with Gasteiger partial charge < -0.3 is 0 Å². The van der Waals surface area contributed by atoms with Gasteiger partial charge in [-0.05, 0) is 42.7 Å². The van der Waals surface area contributed by atoms with E-state index in [-0.39, 0.29) is 11.1 Å². The molecule has 0 aliphatic rings. The second kappa shape index (κ2) is 6.68. The summed E-state index contributed by atoms with van der Waals surface area (Å²) in [5, 5.41) is 0.126. The summed E-state index contributed by atoms with van der Waals surface area (Å²) in [6, 6.07) is 10.7. The molecule has 2 aromatic rings. The van der Waals surface area contributed by atoms with Crippen molar-refractivity contribution in [3.63, 3.8) is 0 Å². The normalized spacial score (nSPS) is 12.4. The molecular formula is C15H15BrClFN2. The molecule has 1 atom stereocenters. The molecule has 2 aromatic carbocycles. The van der Waals surface area contributed by atoms with Crippen LogP contribution in [0.2, 0.25) is 5.02 Å². The maximum Gasteiger partial charge on any atom is 0.141 e. The molecule has 0 aliphatic heterocycles. The molecule has 0 radical (unpaired) electrons. The van der Waals surface area contributed by atoms with Crippen LogP contribution in [-0.2, 0) is 6.42 Å². The van der Waals surface area contributed by atoms with E-state index < -0.39 is 5.82 Å². The first-order chi connectivity index (χ1) is 9.51. The van der Waals surface area contributed by atoms with Crippen LogP contribution in [0.1, 0.15) is 22.7 Å². The first-order valence-corrected chi connectivity index (χ1v) is 7.34. The van der Waals surface area contributed by atoms with Crippen LogP contribution < -0.4 is 11.3 Å². The highest BCUT2D eigenvalue weighted by atomic mass is 79.9. The van der Waals surface area contributed by atoms with Gasteiger partial charge in [0.15, 0.2) is 0 Å². The van der Waals surface area contributed by atoms with Crippen LogP contribution in [0.15, 0.2) is 40.9 Å². The molecule has 0 saturated carbocycles. The van der Waals surface area contributed by atoms with Gasteiger partial charge in [0.2, 0.25) is 0 Å². The average molecular weight is 358 g/mol. The van der Waals surface area contributed by atoms with E-state index in [1.165, 1.54) is 6.07 Å². The van der Waals surface area contributed by atoms with Crippen molar-refractivity contribution < 1.29 is 4.39 Å². The summed E-state index contributed by atoms with van der Waals surface area (Å²) in [6.07, 6.45) is 0.624. The number of aryl methyl sites for hydroxylation is 1. The highest BCUT2D eigenvalue weighted by Crippen LogP contribution is 2.28. The smallest absolute Gasteiger partial charge is 0.141 e. The topological polar surface area (TPSA) is 38.0 Å². The van der Waals surface area contributed by atoms with Crippen molar-refractivity contribution in [3.05, 3.63) is 68.4 Å². The fourth-order valence-electron chi connectivity index (χ4n) is 2.09. The first-order valence-electron chi connectivity index (χ1n) is 6.17. The van der Waals surface area contributed by atoms with Gasteiger partial charge in [-0.15, -0.1) is 0 Å². The third-order valence-electron chi connectivity index (χ3n) is 3.15. The molecule has 0 spiro atoms. The van der Waals surface area contributed by atoms with Gasteiger partial charge in [0.05, 0.1) is 11.1 Å². The molecule has 0 saturated heterocycles. The summed E-state index contributed by atoms with van der Waals surface area (Å²) in [7, 11) is 0. The molecule has 2 nitrogen and oxygen atoms in total. The second-order valence-electron chi connectivity index (χ2n) is 4.70. The molecule has 5 heteroatoms. The number of benzene rings is 2. The van der Waals surface area contributed by atoms with E-state index in [1.54, 1.807) is 12.1 Å². The molecule has 0 bridgehead atoms. The largest absolute Gasteiger partial charge is 0.271 e. The van der Waals surface area contributed by atoms with E-state index in [2.05, 4.69) is 27.4 Å². The van der Waals surface area contributed by atoms with E-state index >= 15 is 0 Å². The fourth-order valence-corrected chi connectivity index (χ4v) is 2.82. The van der Waals surface area contributed by atoms with Gasteiger partial charge in [0.25, 0.3) is 0 Å². The Labute approximate surface area is 131 Å². The van der Waals surface area contributed by atoms with Gasteiger partial charge in [0.1, 0.15) is 5.82 Å². The van der Waals surface area contributed by atoms with E-state index in [0.29, 0.717) is 6.42 Å². The van der Waals surface area contributed by atoms with Crippen molar-refractivity contribution in [2.45, 2.75) is 19.4 Å². The lowest BCUT2D eigenvalue weighted by Crippen LogP contribution is -2.30. The number of rotatable bonds is 4. The maximum absolute atomic E-state index is 13.2. The molecule has 0 heterocycles. The number of hydrazine groups is 1. The zero-order valence-electron chi connectivity index (χ0n) is 11.0. The summed E-state index contributed by atoms with van der Waals surface area (Å²) >= 11 is 9.34. The van der Waals surface area contributed by atoms with Gasteiger partial charge in [0, 0.05) is 4.47 Å². The molecule has 0 fully saturated rings. The predicted octanol–water partition coefficient (Wildman–Crippen LogP) is 4.30. The standard InChI is InChI=1S/C15H15BrClFN2/c1-9-2-4-12(16)11(6-9)15(20-19)8-10-3-5-14(18)13(17)7-10/h2-7,15,20H,8,19H2,1H3. The van der Waals surface area contributed by atoms with Gasteiger partial charge in [-0.3, -0.25) is 11.3 Å². The van der Waals surface area contributed by atoms with Crippen molar-refractivity contribution in [2.24, 2.45) is 5.84 Å². The summed E-state index contributed by atoms with van der Waals surface area (Å²) in [5.74, 6) is 5.25. The van der Waals surface area contributed by atoms with Crippen LogP contribution in [0.4, 0.5) is 4.39 Å². The Morgan fingerprint density at radius 3 is 2.70 bits per heavy atom. The van der Waals surface area contributed by atoms with Crippen LogP contribution in [0.3, 0.4) is 0 Å². The third-order valence-corrected chi connectivity index (χ3v) is 4.16. The second-order valence-corrected chi connectivity index (χ2v) is 5.96. The van der Waals surface area contributed by atoms with Gasteiger partial charge >= 0.3 is 0 Å². The van der Waals surface area contributed by atoms with Crippen molar-refractivity contribution >= 4 is 27.5 Å². The monoisotopic (exact) mass is 356 g/mol. The number of hydrogen-bond acceptors (Lipinski definition) is 2. The molecule has 20 heavy (non-hydrogen) atoms. The van der Waals surface area contributed by atoms with E-state index in [1.807, 2.05) is 19.1 Å². The lowest BCUT2D eigenvalue weighted by Gasteiger charge is -2.19. The van der Waals surface area contributed by atoms with Gasteiger partial charge in [-0.1, -0.05) is 51.3 Å². The molecule has 1 unspecified atom stereocenters. The highest BCUT2D eigenvalue weighted by molar-refractivity contribution is 9.10. The third kappa shape index (κ3) is 3.58. The van der Waals surface area contributed by atoms with Crippen LogP contribution in [0, 0.1) is 12.7 Å². The van der Waals surface area contributed by atoms with Crippen LogP contribution in [0.25, 0.3) is 0 Å². The molecule has 3 N–H and O–H groups in total. The zero-order chi connectivity index (χ0) is 14.7. The van der Waals surface area contributed by atoms with Crippen LogP contribution in [-0.4, -0.2) is 0 Å². The Bertz CT molecular complexity index is 619. The summed E-state index contributed by atoms with van der Waals surface area (Å²) in [6.45, 7) is 2.03. The van der Waals surface area contributed by atoms with E-state index in [4.69, 9.17) is 17.4 Å². The van der Waals surface area contributed by atoms with Crippen LogP contribution >= 0.6 is 27.5 Å². The van der Waals surface area contributed by atoms with Crippen molar-refractivity contribution in [3.8, 4) is 0 Å². The zero-order valence-corrected chi connectivity index (χ0v) is 13.3. The van der Waals surface area contributed by atoms with E-state index in [0.717, 1.165) is 21.2 Å². The van der Waals surface area contributed by atoms with Crippen molar-refractivity contribution in [1.82, 2.24) is 5.43 Å². The number of halogens is 3. The Morgan fingerprint density at radius 2 is 2.05 bits per heavy atom. The van der Waals surface area contributed by atoms with Gasteiger partial charge in [-0.25, -0.2) is 4.39 Å². The Morgan fingerprint density at radius 1 is 1.30 bits per heavy atom.